The van der Waals surface area contributed by atoms with E-state index in [1.807, 2.05) is 18.2 Å². The fourth-order valence-corrected chi connectivity index (χ4v) is 6.60. The molecule has 2 saturated heterocycles. The zero-order valence-corrected chi connectivity index (χ0v) is 18.9. The van der Waals surface area contributed by atoms with E-state index in [0.29, 0.717) is 6.42 Å². The zero-order chi connectivity index (χ0) is 21.6. The average molecular weight is 423 g/mol. The number of piperidine rings is 1. The summed E-state index contributed by atoms with van der Waals surface area (Å²) < 4.78 is 5.92. The van der Waals surface area contributed by atoms with Crippen LogP contribution in [0.5, 0.6) is 0 Å². The van der Waals surface area contributed by atoms with E-state index in [2.05, 4.69) is 38.1 Å². The van der Waals surface area contributed by atoms with Gasteiger partial charge < -0.3 is 14.7 Å². The summed E-state index contributed by atoms with van der Waals surface area (Å²) in [5.41, 5.74) is 3.57. The predicted molar refractivity (Wildman–Crippen MR) is 121 cm³/mol. The van der Waals surface area contributed by atoms with E-state index < -0.39 is 5.60 Å². The second-order valence-corrected chi connectivity index (χ2v) is 10.8. The highest BCUT2D eigenvalue weighted by molar-refractivity contribution is 5.76. The van der Waals surface area contributed by atoms with Gasteiger partial charge in [0.05, 0.1) is 25.2 Å². The minimum atomic E-state index is -0.623. The Bertz CT molecular complexity index is 896. The van der Waals surface area contributed by atoms with Crippen LogP contribution in [0.2, 0.25) is 0 Å². The second-order valence-electron chi connectivity index (χ2n) is 10.8. The normalized spacial score (nSPS) is 39.8. The molecule has 166 valence electrons. The lowest BCUT2D eigenvalue weighted by atomic mass is 9.62. The number of benzene rings is 1. The van der Waals surface area contributed by atoms with Crippen LogP contribution in [0.25, 0.3) is 0 Å². The van der Waals surface area contributed by atoms with Gasteiger partial charge in [-0.25, -0.2) is 0 Å². The number of likely N-dealkylation sites (tertiary alicyclic amines) is 1. The fraction of sp³-hybridized carbons (Fsp3) is 0.593. The van der Waals surface area contributed by atoms with Crippen molar-refractivity contribution in [2.24, 2.45) is 17.3 Å². The van der Waals surface area contributed by atoms with Crippen molar-refractivity contribution >= 4 is 5.97 Å². The Balaban J connectivity index is 1.25. The third-order valence-corrected chi connectivity index (χ3v) is 8.47. The molecule has 0 bridgehead atoms. The molecule has 2 fully saturated rings. The molecule has 4 atom stereocenters. The molecule has 1 aromatic carbocycles. The molecule has 0 unspecified atom stereocenters. The molecule has 31 heavy (non-hydrogen) atoms. The van der Waals surface area contributed by atoms with Crippen molar-refractivity contribution in [2.45, 2.75) is 64.1 Å². The summed E-state index contributed by atoms with van der Waals surface area (Å²) in [7, 11) is 0. The summed E-state index contributed by atoms with van der Waals surface area (Å²) in [6.07, 6.45) is 10.3. The molecular weight excluding hydrogens is 386 g/mol. The van der Waals surface area contributed by atoms with Crippen LogP contribution in [0, 0.1) is 17.3 Å². The van der Waals surface area contributed by atoms with Crippen LogP contribution in [0.3, 0.4) is 0 Å². The lowest BCUT2D eigenvalue weighted by molar-refractivity contribution is -0.910. The van der Waals surface area contributed by atoms with Crippen LogP contribution in [-0.4, -0.2) is 42.4 Å². The number of esters is 1. The van der Waals surface area contributed by atoms with Crippen LogP contribution in [0.4, 0.5) is 0 Å². The number of carbonyl (C=O) groups excluding carboxylic acids is 1. The van der Waals surface area contributed by atoms with Crippen molar-refractivity contribution in [1.29, 1.82) is 0 Å². The lowest BCUT2D eigenvalue weighted by Crippen LogP contribution is -3.14. The van der Waals surface area contributed by atoms with Crippen LogP contribution < -0.4 is 4.90 Å². The maximum atomic E-state index is 12.8. The lowest BCUT2D eigenvalue weighted by Gasteiger charge is -2.43. The number of allylic oxidation sites excluding steroid dienone is 3. The van der Waals surface area contributed by atoms with Crippen molar-refractivity contribution in [2.75, 3.05) is 19.6 Å². The van der Waals surface area contributed by atoms with Gasteiger partial charge >= 0.3 is 5.97 Å². The molecule has 0 spiro atoms. The molecule has 0 saturated carbocycles. The highest BCUT2D eigenvalue weighted by Gasteiger charge is 2.52. The predicted octanol–water partition coefficient (Wildman–Crippen LogP) is 2.87. The monoisotopic (exact) mass is 422 g/mol. The topological polar surface area (TPSA) is 51.0 Å². The molecule has 2 N–H and O–H groups in total. The van der Waals surface area contributed by atoms with E-state index in [1.165, 1.54) is 21.6 Å². The highest BCUT2D eigenvalue weighted by Crippen LogP contribution is 2.52. The van der Waals surface area contributed by atoms with Crippen molar-refractivity contribution in [3.63, 3.8) is 0 Å². The van der Waals surface area contributed by atoms with Gasteiger partial charge in [0.15, 0.2) is 0 Å². The number of carbonyl (C=O) groups is 1. The Kier molecular flexibility index (Phi) is 5.34. The summed E-state index contributed by atoms with van der Waals surface area (Å²) in [6.45, 7) is 7.22. The van der Waals surface area contributed by atoms with Crippen LogP contribution >= 0.6 is 0 Å². The Morgan fingerprint density at radius 1 is 1.16 bits per heavy atom. The van der Waals surface area contributed by atoms with Crippen molar-refractivity contribution in [3.8, 4) is 0 Å². The third-order valence-electron chi connectivity index (χ3n) is 8.47. The Labute approximate surface area is 186 Å². The third kappa shape index (κ3) is 4.01. The molecular formula is C27H36NO3+. The average Bonchev–Trinajstić information content (AvgIpc) is 3.02. The summed E-state index contributed by atoms with van der Waals surface area (Å²) >= 11 is 0. The van der Waals surface area contributed by atoms with E-state index in [4.69, 9.17) is 4.74 Å². The minimum Gasteiger partial charge on any atom is -0.461 e. The van der Waals surface area contributed by atoms with Gasteiger partial charge in [-0.15, -0.1) is 0 Å². The summed E-state index contributed by atoms with van der Waals surface area (Å²) in [6, 6.07) is 10.3. The zero-order valence-electron chi connectivity index (χ0n) is 18.9. The van der Waals surface area contributed by atoms with Gasteiger partial charge in [0.1, 0.15) is 12.0 Å². The highest BCUT2D eigenvalue weighted by atomic mass is 16.6. The molecule has 0 radical (unpaired) electrons. The van der Waals surface area contributed by atoms with Gasteiger partial charge in [0, 0.05) is 25.2 Å². The molecule has 2 heterocycles. The Morgan fingerprint density at radius 2 is 1.90 bits per heavy atom. The maximum absolute atomic E-state index is 12.8. The number of hydrogen-bond donors (Lipinski definition) is 2. The van der Waals surface area contributed by atoms with Gasteiger partial charge in [-0.1, -0.05) is 55.0 Å². The van der Waals surface area contributed by atoms with Crippen molar-refractivity contribution < 1.29 is 19.5 Å². The van der Waals surface area contributed by atoms with Crippen LogP contribution in [-0.2, 0) is 16.0 Å². The SMILES string of the molecule is CC1=CCC[C@]2(C)C[C@H]3OC(=O)[C@H](C[NH+]4CCC(O)(Cc5ccccc5)CC4)[C@H]3C=C12. The molecule has 1 aromatic rings. The number of fused-ring (bicyclic) bond motifs is 2. The first-order chi connectivity index (χ1) is 14.9. The van der Waals surface area contributed by atoms with Gasteiger partial charge in [-0.3, -0.25) is 4.79 Å². The van der Waals surface area contributed by atoms with E-state index in [-0.39, 0.29) is 29.3 Å². The van der Waals surface area contributed by atoms with Gasteiger partial charge in [-0.2, -0.15) is 0 Å². The van der Waals surface area contributed by atoms with Gasteiger partial charge in [0.25, 0.3) is 0 Å². The molecule has 0 amide bonds. The van der Waals surface area contributed by atoms with Crippen molar-refractivity contribution in [1.82, 2.24) is 0 Å². The maximum Gasteiger partial charge on any atom is 0.315 e. The number of hydrogen-bond acceptors (Lipinski definition) is 3. The molecule has 0 aromatic heterocycles. The summed E-state index contributed by atoms with van der Waals surface area (Å²) in [5, 5.41) is 11.1. The number of nitrogens with one attached hydrogen (secondary N) is 1. The van der Waals surface area contributed by atoms with E-state index in [9.17, 15) is 9.90 Å². The number of quaternary nitrogens is 1. The number of rotatable bonds is 4. The molecule has 4 heteroatoms. The van der Waals surface area contributed by atoms with Crippen LogP contribution in [0.1, 0.15) is 51.5 Å². The smallest absolute Gasteiger partial charge is 0.315 e. The van der Waals surface area contributed by atoms with Gasteiger partial charge in [-0.05, 0) is 42.7 Å². The first kappa shape index (κ1) is 21.0. The molecule has 4 nitrogen and oxygen atoms in total. The van der Waals surface area contributed by atoms with E-state index >= 15 is 0 Å². The van der Waals surface area contributed by atoms with Crippen molar-refractivity contribution in [3.05, 3.63) is 59.2 Å². The summed E-state index contributed by atoms with van der Waals surface area (Å²) in [5.74, 6) is 0.148. The second kappa shape index (κ2) is 7.90. The minimum absolute atomic E-state index is 0.00616. The van der Waals surface area contributed by atoms with E-state index in [0.717, 1.165) is 51.7 Å². The Hall–Kier alpha value is -1.91. The number of aliphatic hydroxyl groups is 1. The standard InChI is InChI=1S/C27H35NO3/c1-19-7-6-10-26(2)17-24-21(15-23(19)26)22(25(29)31-24)18-28-13-11-27(30,12-14-28)16-20-8-4-3-5-9-20/h3-5,7-9,15,21-22,24,30H,6,10-14,16-18H2,1-2H3/p+1/t21-,22-,24-,26-/m1/s1. The quantitative estimate of drug-likeness (QED) is 0.734. The molecule has 2 aliphatic heterocycles. The first-order valence-electron chi connectivity index (χ1n) is 12.1. The largest absolute Gasteiger partial charge is 0.461 e. The first-order valence-corrected chi connectivity index (χ1v) is 12.1. The van der Waals surface area contributed by atoms with Crippen LogP contribution in [0.15, 0.2) is 53.6 Å². The molecule has 4 aliphatic rings. The molecule has 5 rings (SSSR count). The summed E-state index contributed by atoms with van der Waals surface area (Å²) in [4.78, 5) is 14.3. The number of ether oxygens (including phenoxy) is 1. The Morgan fingerprint density at radius 3 is 2.65 bits per heavy atom. The molecule has 2 aliphatic carbocycles. The fourth-order valence-electron chi connectivity index (χ4n) is 6.60. The van der Waals surface area contributed by atoms with E-state index in [1.54, 1.807) is 0 Å². The van der Waals surface area contributed by atoms with Gasteiger partial charge in [0.2, 0.25) is 0 Å².